The van der Waals surface area contributed by atoms with Crippen LogP contribution in [0.5, 0.6) is 0 Å². The Kier molecular flexibility index (Phi) is 3.00. The van der Waals surface area contributed by atoms with Gasteiger partial charge in [0.25, 0.3) is 0 Å². The van der Waals surface area contributed by atoms with Crippen molar-refractivity contribution < 1.29 is 0 Å². The van der Waals surface area contributed by atoms with Gasteiger partial charge in [0.2, 0.25) is 0 Å². The molecule has 1 rings (SSSR count). The van der Waals surface area contributed by atoms with Gasteiger partial charge in [-0.3, -0.25) is 0 Å². The van der Waals surface area contributed by atoms with Crippen molar-refractivity contribution in [2.24, 2.45) is 11.3 Å². The van der Waals surface area contributed by atoms with Gasteiger partial charge in [-0.1, -0.05) is 51.0 Å². The summed E-state index contributed by atoms with van der Waals surface area (Å²) in [6, 6.07) is 0. The summed E-state index contributed by atoms with van der Waals surface area (Å²) in [5, 5.41) is 0. The van der Waals surface area contributed by atoms with Crippen LogP contribution in [0.15, 0.2) is 23.3 Å². The molecule has 0 aromatic carbocycles. The first-order chi connectivity index (χ1) is 5.97. The predicted octanol–water partition coefficient (Wildman–Crippen LogP) is 4.34. The average molecular weight is 178 g/mol. The van der Waals surface area contributed by atoms with E-state index in [9.17, 15) is 0 Å². The molecule has 0 saturated carbocycles. The van der Waals surface area contributed by atoms with Gasteiger partial charge in [-0.25, -0.2) is 0 Å². The molecule has 0 spiro atoms. The van der Waals surface area contributed by atoms with Crippen LogP contribution in [-0.4, -0.2) is 0 Å². The SMILES string of the molecule is CCC(C)(C)C1=C(C)C=CC(C)C1. The normalized spacial score (nSPS) is 23.9. The number of hydrogen-bond acceptors (Lipinski definition) is 0. The lowest BCUT2D eigenvalue weighted by atomic mass is 9.74. The van der Waals surface area contributed by atoms with Crippen LogP contribution < -0.4 is 0 Å². The molecule has 0 N–H and O–H groups in total. The molecule has 1 aliphatic rings. The summed E-state index contributed by atoms with van der Waals surface area (Å²) in [6.07, 6.45) is 7.11. The van der Waals surface area contributed by atoms with Crippen LogP contribution >= 0.6 is 0 Å². The quantitative estimate of drug-likeness (QED) is 0.590. The molecule has 0 nitrogen and oxygen atoms in total. The third kappa shape index (κ3) is 2.24. The maximum atomic E-state index is 2.36. The molecular formula is C13H22. The molecule has 74 valence electrons. The van der Waals surface area contributed by atoms with E-state index in [1.54, 1.807) is 5.57 Å². The molecule has 0 saturated heterocycles. The van der Waals surface area contributed by atoms with E-state index in [1.807, 2.05) is 0 Å². The van der Waals surface area contributed by atoms with E-state index in [-0.39, 0.29) is 0 Å². The zero-order valence-corrected chi connectivity index (χ0v) is 9.65. The van der Waals surface area contributed by atoms with E-state index in [4.69, 9.17) is 0 Å². The standard InChI is InChI=1S/C13H22/c1-6-13(4,5)12-9-10(2)7-8-11(12)3/h7-8,10H,6,9H2,1-5H3. The highest BCUT2D eigenvalue weighted by Gasteiger charge is 2.24. The maximum absolute atomic E-state index is 2.36. The Morgan fingerprint density at radius 1 is 1.46 bits per heavy atom. The van der Waals surface area contributed by atoms with E-state index in [1.165, 1.54) is 18.4 Å². The fraction of sp³-hybridized carbons (Fsp3) is 0.692. The van der Waals surface area contributed by atoms with Gasteiger partial charge in [-0.2, -0.15) is 0 Å². The largest absolute Gasteiger partial charge is 0.0811 e. The van der Waals surface area contributed by atoms with Crippen molar-refractivity contribution in [2.45, 2.75) is 47.5 Å². The first-order valence-electron chi connectivity index (χ1n) is 5.36. The molecule has 0 aromatic heterocycles. The van der Waals surface area contributed by atoms with Gasteiger partial charge in [-0.05, 0) is 31.1 Å². The van der Waals surface area contributed by atoms with Crippen LogP contribution in [0.3, 0.4) is 0 Å². The molecule has 13 heavy (non-hydrogen) atoms. The minimum atomic E-state index is 0.392. The summed E-state index contributed by atoms with van der Waals surface area (Å²) in [4.78, 5) is 0. The van der Waals surface area contributed by atoms with Crippen LogP contribution in [0.1, 0.15) is 47.5 Å². The Morgan fingerprint density at radius 3 is 2.62 bits per heavy atom. The van der Waals surface area contributed by atoms with Gasteiger partial charge >= 0.3 is 0 Å². The number of hydrogen-bond donors (Lipinski definition) is 0. The Labute approximate surface area is 82.7 Å². The molecule has 0 aromatic rings. The first kappa shape index (κ1) is 10.6. The first-order valence-corrected chi connectivity index (χ1v) is 5.36. The topological polar surface area (TPSA) is 0 Å². The molecule has 0 amide bonds. The molecule has 0 aliphatic heterocycles. The van der Waals surface area contributed by atoms with Crippen LogP contribution in [0.2, 0.25) is 0 Å². The Bertz CT molecular complexity index is 241. The van der Waals surface area contributed by atoms with Crippen molar-refractivity contribution in [3.05, 3.63) is 23.3 Å². The summed E-state index contributed by atoms with van der Waals surface area (Å²) in [7, 11) is 0. The van der Waals surface area contributed by atoms with Crippen molar-refractivity contribution in [3.8, 4) is 0 Å². The second kappa shape index (κ2) is 3.69. The second-order valence-electron chi connectivity index (χ2n) is 4.94. The van der Waals surface area contributed by atoms with Gasteiger partial charge in [0.1, 0.15) is 0 Å². The Hall–Kier alpha value is -0.520. The molecule has 0 fully saturated rings. The fourth-order valence-electron chi connectivity index (χ4n) is 1.98. The second-order valence-corrected chi connectivity index (χ2v) is 4.94. The summed E-state index contributed by atoms with van der Waals surface area (Å²) < 4.78 is 0. The summed E-state index contributed by atoms with van der Waals surface area (Å²) in [5.74, 6) is 0.726. The molecule has 0 heterocycles. The highest BCUT2D eigenvalue weighted by atomic mass is 14.3. The van der Waals surface area contributed by atoms with Gasteiger partial charge in [0, 0.05) is 0 Å². The van der Waals surface area contributed by atoms with E-state index >= 15 is 0 Å². The molecule has 0 radical (unpaired) electrons. The van der Waals surface area contributed by atoms with E-state index in [0.29, 0.717) is 5.41 Å². The molecule has 0 heteroatoms. The van der Waals surface area contributed by atoms with Crippen molar-refractivity contribution in [1.29, 1.82) is 0 Å². The molecule has 1 unspecified atom stereocenters. The molecule has 0 bridgehead atoms. The average Bonchev–Trinajstić information content (AvgIpc) is 2.09. The highest BCUT2D eigenvalue weighted by molar-refractivity contribution is 5.32. The minimum absolute atomic E-state index is 0.392. The van der Waals surface area contributed by atoms with Crippen molar-refractivity contribution in [3.63, 3.8) is 0 Å². The predicted molar refractivity (Wildman–Crippen MR) is 59.7 cm³/mol. The third-order valence-corrected chi connectivity index (χ3v) is 3.38. The van der Waals surface area contributed by atoms with Crippen LogP contribution in [0, 0.1) is 11.3 Å². The van der Waals surface area contributed by atoms with E-state index in [2.05, 4.69) is 46.8 Å². The molecular weight excluding hydrogens is 156 g/mol. The molecule has 1 atom stereocenters. The van der Waals surface area contributed by atoms with Crippen molar-refractivity contribution in [1.82, 2.24) is 0 Å². The zero-order chi connectivity index (χ0) is 10.1. The summed E-state index contributed by atoms with van der Waals surface area (Å²) in [5.41, 5.74) is 3.54. The van der Waals surface area contributed by atoms with E-state index < -0.39 is 0 Å². The van der Waals surface area contributed by atoms with Crippen LogP contribution in [-0.2, 0) is 0 Å². The number of rotatable bonds is 2. The highest BCUT2D eigenvalue weighted by Crippen LogP contribution is 2.39. The molecule has 1 aliphatic carbocycles. The Balaban J connectivity index is 2.95. The maximum Gasteiger partial charge on any atom is -0.0141 e. The van der Waals surface area contributed by atoms with Gasteiger partial charge < -0.3 is 0 Å². The zero-order valence-electron chi connectivity index (χ0n) is 9.65. The Morgan fingerprint density at radius 2 is 2.08 bits per heavy atom. The van der Waals surface area contributed by atoms with Crippen LogP contribution in [0.25, 0.3) is 0 Å². The van der Waals surface area contributed by atoms with Gasteiger partial charge in [0.05, 0.1) is 0 Å². The minimum Gasteiger partial charge on any atom is -0.0811 e. The van der Waals surface area contributed by atoms with Crippen molar-refractivity contribution in [2.75, 3.05) is 0 Å². The number of allylic oxidation sites excluding steroid dienone is 4. The fourth-order valence-corrected chi connectivity index (χ4v) is 1.98. The lowest BCUT2D eigenvalue weighted by Crippen LogP contribution is -2.18. The van der Waals surface area contributed by atoms with Crippen molar-refractivity contribution >= 4 is 0 Å². The van der Waals surface area contributed by atoms with E-state index in [0.717, 1.165) is 5.92 Å². The van der Waals surface area contributed by atoms with Gasteiger partial charge in [-0.15, -0.1) is 0 Å². The lowest BCUT2D eigenvalue weighted by molar-refractivity contribution is 0.396. The summed E-state index contributed by atoms with van der Waals surface area (Å²) in [6.45, 7) is 11.5. The smallest absolute Gasteiger partial charge is 0.0141 e. The van der Waals surface area contributed by atoms with Crippen LogP contribution in [0.4, 0.5) is 0 Å². The monoisotopic (exact) mass is 178 g/mol. The summed E-state index contributed by atoms with van der Waals surface area (Å²) >= 11 is 0. The van der Waals surface area contributed by atoms with Gasteiger partial charge in [0.15, 0.2) is 0 Å². The lowest BCUT2D eigenvalue weighted by Gasteiger charge is -2.32. The third-order valence-electron chi connectivity index (χ3n) is 3.38.